The van der Waals surface area contributed by atoms with Crippen molar-refractivity contribution in [3.63, 3.8) is 0 Å². The number of benzene rings is 3. The Morgan fingerprint density at radius 3 is 2.40 bits per heavy atom. The number of hydrogen-bond donors (Lipinski definition) is 2. The van der Waals surface area contributed by atoms with E-state index in [0.717, 1.165) is 16.2 Å². The number of nitrogens with zero attached hydrogens (tertiary/aromatic N) is 1. The molecule has 2 N–H and O–H groups in total. The van der Waals surface area contributed by atoms with Crippen LogP contribution in [0.2, 0.25) is 0 Å². The lowest BCUT2D eigenvalue weighted by Gasteiger charge is -2.15. The first-order valence-corrected chi connectivity index (χ1v) is 14.1. The number of carbonyl (C=O) groups excluding carboxylic acids is 4. The van der Waals surface area contributed by atoms with Crippen molar-refractivity contribution in [1.82, 2.24) is 4.90 Å². The van der Waals surface area contributed by atoms with Crippen molar-refractivity contribution in [2.24, 2.45) is 0 Å². The Labute approximate surface area is 247 Å². The Morgan fingerprint density at radius 2 is 1.69 bits per heavy atom. The molecule has 0 unspecified atom stereocenters. The topological polar surface area (TPSA) is 114 Å². The average molecular weight is 592 g/mol. The summed E-state index contributed by atoms with van der Waals surface area (Å²) < 4.78 is 24.5. The lowest BCUT2D eigenvalue weighted by molar-refractivity contribution is -0.127. The van der Waals surface area contributed by atoms with Crippen molar-refractivity contribution in [3.8, 4) is 11.5 Å². The van der Waals surface area contributed by atoms with Crippen LogP contribution in [0, 0.1) is 5.82 Å². The number of imide groups is 1. The van der Waals surface area contributed by atoms with E-state index in [-0.39, 0.29) is 23.3 Å². The highest BCUT2D eigenvalue weighted by Gasteiger charge is 2.36. The summed E-state index contributed by atoms with van der Waals surface area (Å²) in [5, 5.41) is 4.82. The standard InChI is InChI=1S/C31H30FN3O6S/c1-4-40-26-15-20(9-14-25(26)41-18-29(37)34-24-8-6-5-7-23(24)19(2)3)16-27-30(38)35(31(39)42-27)17-28(36)33-22-12-10-21(32)11-13-22/h5-16,19H,4,17-18H2,1-3H3,(H,33,36)(H,34,37)/b27-16+. The third-order valence-corrected chi connectivity index (χ3v) is 6.99. The minimum absolute atomic E-state index is 0.133. The van der Waals surface area contributed by atoms with Crippen LogP contribution in [0.15, 0.2) is 71.6 Å². The van der Waals surface area contributed by atoms with Crippen molar-refractivity contribution >= 4 is 52.2 Å². The van der Waals surface area contributed by atoms with Crippen molar-refractivity contribution < 1.29 is 33.0 Å². The molecule has 0 radical (unpaired) electrons. The highest BCUT2D eigenvalue weighted by molar-refractivity contribution is 8.18. The van der Waals surface area contributed by atoms with Crippen LogP contribution in [0.5, 0.6) is 11.5 Å². The van der Waals surface area contributed by atoms with E-state index in [2.05, 4.69) is 10.6 Å². The summed E-state index contributed by atoms with van der Waals surface area (Å²) in [5.74, 6) is -1.06. The summed E-state index contributed by atoms with van der Waals surface area (Å²) in [4.78, 5) is 51.4. The third kappa shape index (κ3) is 7.76. The second-order valence-corrected chi connectivity index (χ2v) is 10.5. The Morgan fingerprint density at radius 1 is 0.952 bits per heavy atom. The molecule has 4 amide bonds. The van der Waals surface area contributed by atoms with Gasteiger partial charge in [0, 0.05) is 11.4 Å². The highest BCUT2D eigenvalue weighted by Crippen LogP contribution is 2.35. The molecule has 1 heterocycles. The van der Waals surface area contributed by atoms with Crippen LogP contribution in [0.1, 0.15) is 37.8 Å². The first kappa shape index (κ1) is 30.3. The molecule has 3 aromatic rings. The Bertz CT molecular complexity index is 1520. The van der Waals surface area contributed by atoms with Crippen molar-refractivity contribution in [2.75, 3.05) is 30.4 Å². The first-order valence-electron chi connectivity index (χ1n) is 13.2. The van der Waals surface area contributed by atoms with E-state index in [1.54, 1.807) is 25.1 Å². The largest absolute Gasteiger partial charge is 0.490 e. The Balaban J connectivity index is 1.40. The SMILES string of the molecule is CCOc1cc(/C=C2/SC(=O)N(CC(=O)Nc3ccc(F)cc3)C2=O)ccc1OCC(=O)Nc1ccccc1C(C)C. The second kappa shape index (κ2) is 13.8. The summed E-state index contributed by atoms with van der Waals surface area (Å²) in [6.07, 6.45) is 1.52. The van der Waals surface area contributed by atoms with Crippen LogP contribution < -0.4 is 20.1 Å². The molecular formula is C31H30FN3O6S. The van der Waals surface area contributed by atoms with E-state index in [0.29, 0.717) is 41.1 Å². The van der Waals surface area contributed by atoms with Crippen LogP contribution in [-0.4, -0.2) is 47.6 Å². The molecule has 1 saturated heterocycles. The highest BCUT2D eigenvalue weighted by atomic mass is 32.2. The number of thioether (sulfide) groups is 1. The zero-order valence-electron chi connectivity index (χ0n) is 23.3. The molecule has 1 aliphatic rings. The second-order valence-electron chi connectivity index (χ2n) is 9.54. The molecule has 0 saturated carbocycles. The molecule has 9 nitrogen and oxygen atoms in total. The van der Waals surface area contributed by atoms with Gasteiger partial charge in [-0.2, -0.15) is 0 Å². The van der Waals surface area contributed by atoms with E-state index < -0.39 is 29.4 Å². The summed E-state index contributed by atoms with van der Waals surface area (Å²) in [6, 6.07) is 17.6. The summed E-state index contributed by atoms with van der Waals surface area (Å²) >= 11 is 0.712. The zero-order chi connectivity index (χ0) is 30.2. The van der Waals surface area contributed by atoms with Gasteiger partial charge in [-0.05, 0) is 84.3 Å². The van der Waals surface area contributed by atoms with Gasteiger partial charge in [-0.15, -0.1) is 0 Å². The van der Waals surface area contributed by atoms with Crippen molar-refractivity contribution in [3.05, 3.63) is 88.6 Å². The number of amides is 4. The van der Waals surface area contributed by atoms with Gasteiger partial charge in [-0.25, -0.2) is 4.39 Å². The molecule has 4 rings (SSSR count). The van der Waals surface area contributed by atoms with E-state index >= 15 is 0 Å². The first-order chi connectivity index (χ1) is 20.1. The van der Waals surface area contributed by atoms with Gasteiger partial charge in [0.2, 0.25) is 5.91 Å². The third-order valence-electron chi connectivity index (χ3n) is 6.08. The maximum Gasteiger partial charge on any atom is 0.294 e. The van der Waals surface area contributed by atoms with Crippen LogP contribution in [-0.2, 0) is 14.4 Å². The van der Waals surface area contributed by atoms with Gasteiger partial charge in [0.1, 0.15) is 12.4 Å². The van der Waals surface area contributed by atoms with Crippen LogP contribution in [0.3, 0.4) is 0 Å². The van der Waals surface area contributed by atoms with E-state index in [9.17, 15) is 23.6 Å². The number of para-hydroxylation sites is 1. The van der Waals surface area contributed by atoms with Gasteiger partial charge >= 0.3 is 0 Å². The quantitative estimate of drug-likeness (QED) is 0.261. The number of anilines is 2. The molecule has 3 aromatic carbocycles. The summed E-state index contributed by atoms with van der Waals surface area (Å²) in [7, 11) is 0. The summed E-state index contributed by atoms with van der Waals surface area (Å²) in [5.41, 5.74) is 2.64. The molecule has 0 bridgehead atoms. The van der Waals surface area contributed by atoms with Gasteiger partial charge in [-0.1, -0.05) is 38.1 Å². The lowest BCUT2D eigenvalue weighted by atomic mass is 10.0. The van der Waals surface area contributed by atoms with E-state index in [1.165, 1.54) is 30.3 Å². The minimum atomic E-state index is -0.615. The fraction of sp³-hybridized carbons (Fsp3) is 0.226. The fourth-order valence-corrected chi connectivity index (χ4v) is 4.95. The summed E-state index contributed by atoms with van der Waals surface area (Å²) in [6.45, 7) is 5.49. The molecule has 0 aromatic heterocycles. The van der Waals surface area contributed by atoms with Crippen LogP contribution in [0.4, 0.5) is 20.6 Å². The Hall–Kier alpha value is -4.64. The molecule has 218 valence electrons. The monoisotopic (exact) mass is 591 g/mol. The number of rotatable bonds is 11. The predicted octanol–water partition coefficient (Wildman–Crippen LogP) is 6.04. The number of ether oxygens (including phenoxy) is 2. The molecule has 0 atom stereocenters. The normalized spacial score (nSPS) is 13.9. The van der Waals surface area contributed by atoms with Gasteiger partial charge in [-0.3, -0.25) is 24.1 Å². The van der Waals surface area contributed by atoms with Crippen molar-refractivity contribution in [2.45, 2.75) is 26.7 Å². The van der Waals surface area contributed by atoms with Gasteiger partial charge in [0.15, 0.2) is 18.1 Å². The molecule has 1 fully saturated rings. The Kier molecular flexibility index (Phi) is 9.98. The van der Waals surface area contributed by atoms with Crippen LogP contribution >= 0.6 is 11.8 Å². The molecule has 0 spiro atoms. The lowest BCUT2D eigenvalue weighted by Crippen LogP contribution is -2.36. The molecular weight excluding hydrogens is 561 g/mol. The van der Waals surface area contributed by atoms with Crippen LogP contribution in [0.25, 0.3) is 6.08 Å². The van der Waals surface area contributed by atoms with Gasteiger partial charge < -0.3 is 20.1 Å². The zero-order valence-corrected chi connectivity index (χ0v) is 24.1. The molecule has 11 heteroatoms. The predicted molar refractivity (Wildman–Crippen MR) is 160 cm³/mol. The number of carbonyl (C=O) groups is 4. The smallest absolute Gasteiger partial charge is 0.294 e. The fourth-order valence-electron chi connectivity index (χ4n) is 4.11. The number of halogens is 1. The maximum absolute atomic E-state index is 13.1. The maximum atomic E-state index is 13.1. The minimum Gasteiger partial charge on any atom is -0.490 e. The van der Waals surface area contributed by atoms with E-state index in [1.807, 2.05) is 38.1 Å². The number of hydrogen-bond acceptors (Lipinski definition) is 7. The van der Waals surface area contributed by atoms with Gasteiger partial charge in [0.25, 0.3) is 17.1 Å². The molecule has 1 aliphatic heterocycles. The molecule has 0 aliphatic carbocycles. The molecule has 42 heavy (non-hydrogen) atoms. The average Bonchev–Trinajstić information content (AvgIpc) is 3.21. The number of nitrogens with one attached hydrogen (secondary N) is 2. The van der Waals surface area contributed by atoms with Crippen molar-refractivity contribution in [1.29, 1.82) is 0 Å². The van der Waals surface area contributed by atoms with E-state index in [4.69, 9.17) is 9.47 Å². The van der Waals surface area contributed by atoms with Gasteiger partial charge in [0.05, 0.1) is 11.5 Å².